The Morgan fingerprint density at radius 1 is 1.23 bits per heavy atom. The van der Waals surface area contributed by atoms with E-state index in [2.05, 4.69) is 4.98 Å². The van der Waals surface area contributed by atoms with Crippen LogP contribution >= 0.6 is 0 Å². The smallest absolute Gasteiger partial charge is 0.295 e. The Labute approximate surface area is 173 Å². The summed E-state index contributed by atoms with van der Waals surface area (Å²) in [6, 6.07) is 7.92. The SMILES string of the molecule is CN(C)CCCN1C(=O)C(=O)/C(=C(/O)c2ccncc2)C1c1cccc([N+](=O)[O-])c1. The number of hydrogen-bond donors (Lipinski definition) is 1. The average Bonchev–Trinajstić information content (AvgIpc) is 2.98. The number of amides is 1. The van der Waals surface area contributed by atoms with Gasteiger partial charge in [0.1, 0.15) is 5.76 Å². The Morgan fingerprint density at radius 2 is 1.93 bits per heavy atom. The summed E-state index contributed by atoms with van der Waals surface area (Å²) in [5.74, 6) is -1.88. The maximum absolute atomic E-state index is 12.9. The first-order valence-electron chi connectivity index (χ1n) is 9.39. The molecule has 3 rings (SSSR count). The molecule has 30 heavy (non-hydrogen) atoms. The van der Waals surface area contributed by atoms with E-state index in [0.717, 1.165) is 0 Å². The lowest BCUT2D eigenvalue weighted by Crippen LogP contribution is -2.32. The number of benzene rings is 1. The van der Waals surface area contributed by atoms with Crippen molar-refractivity contribution in [1.29, 1.82) is 0 Å². The van der Waals surface area contributed by atoms with Crippen molar-refractivity contribution < 1.29 is 19.6 Å². The first-order valence-corrected chi connectivity index (χ1v) is 9.39. The van der Waals surface area contributed by atoms with Crippen molar-refractivity contribution >= 4 is 23.1 Å². The van der Waals surface area contributed by atoms with Crippen molar-refractivity contribution in [2.24, 2.45) is 0 Å². The summed E-state index contributed by atoms with van der Waals surface area (Å²) in [4.78, 5) is 43.6. The third-order valence-corrected chi connectivity index (χ3v) is 4.89. The van der Waals surface area contributed by atoms with Gasteiger partial charge >= 0.3 is 0 Å². The zero-order valence-corrected chi connectivity index (χ0v) is 16.7. The summed E-state index contributed by atoms with van der Waals surface area (Å²) >= 11 is 0. The van der Waals surface area contributed by atoms with Crippen molar-refractivity contribution in [3.05, 3.63) is 75.6 Å². The number of carbonyl (C=O) groups is 2. The van der Waals surface area contributed by atoms with Gasteiger partial charge < -0.3 is 14.9 Å². The van der Waals surface area contributed by atoms with Gasteiger partial charge in [-0.3, -0.25) is 24.7 Å². The highest BCUT2D eigenvalue weighted by molar-refractivity contribution is 6.46. The van der Waals surface area contributed by atoms with Gasteiger partial charge in [-0.1, -0.05) is 12.1 Å². The minimum absolute atomic E-state index is 0.0865. The monoisotopic (exact) mass is 410 g/mol. The van der Waals surface area contributed by atoms with Gasteiger partial charge in [0.25, 0.3) is 17.4 Å². The number of likely N-dealkylation sites (tertiary alicyclic amines) is 1. The van der Waals surface area contributed by atoms with Gasteiger partial charge in [-0.2, -0.15) is 0 Å². The second-order valence-electron chi connectivity index (χ2n) is 7.24. The second kappa shape index (κ2) is 8.83. The van der Waals surface area contributed by atoms with Gasteiger partial charge in [0.2, 0.25) is 0 Å². The van der Waals surface area contributed by atoms with Crippen LogP contribution in [0.4, 0.5) is 5.69 Å². The fraction of sp³-hybridized carbons (Fsp3) is 0.286. The van der Waals surface area contributed by atoms with Gasteiger partial charge in [0.05, 0.1) is 16.5 Å². The number of rotatable bonds is 7. The molecule has 9 heteroatoms. The molecule has 9 nitrogen and oxygen atoms in total. The van der Waals surface area contributed by atoms with Crippen LogP contribution in [0, 0.1) is 10.1 Å². The number of nitro groups is 1. The van der Waals surface area contributed by atoms with Crippen LogP contribution in [0.25, 0.3) is 5.76 Å². The number of aromatic nitrogens is 1. The molecule has 2 aromatic rings. The molecule has 0 radical (unpaired) electrons. The number of hydrogen-bond acceptors (Lipinski definition) is 7. The number of pyridine rings is 1. The highest BCUT2D eigenvalue weighted by atomic mass is 16.6. The number of aliphatic hydroxyl groups excluding tert-OH is 1. The molecule has 1 fully saturated rings. The molecule has 1 atom stereocenters. The topological polar surface area (TPSA) is 117 Å². The van der Waals surface area contributed by atoms with E-state index in [0.29, 0.717) is 24.1 Å². The second-order valence-corrected chi connectivity index (χ2v) is 7.24. The predicted molar refractivity (Wildman–Crippen MR) is 110 cm³/mol. The predicted octanol–water partition coefficient (Wildman–Crippen LogP) is 2.36. The molecule has 1 aromatic carbocycles. The summed E-state index contributed by atoms with van der Waals surface area (Å²) < 4.78 is 0. The minimum Gasteiger partial charge on any atom is -0.507 e. The third-order valence-electron chi connectivity index (χ3n) is 4.89. The van der Waals surface area contributed by atoms with Gasteiger partial charge in [0.15, 0.2) is 0 Å². The fourth-order valence-corrected chi connectivity index (χ4v) is 3.49. The summed E-state index contributed by atoms with van der Waals surface area (Å²) in [6.45, 7) is 0.957. The first kappa shape index (κ1) is 21.1. The molecule has 0 saturated carbocycles. The van der Waals surface area contributed by atoms with Crippen LogP contribution in [0.1, 0.15) is 23.6 Å². The van der Waals surface area contributed by atoms with E-state index in [1.165, 1.54) is 47.6 Å². The number of non-ortho nitro benzene ring substituents is 1. The van der Waals surface area contributed by atoms with Crippen LogP contribution in [0.5, 0.6) is 0 Å². The molecule has 1 aromatic heterocycles. The molecular weight excluding hydrogens is 388 g/mol. The molecule has 0 bridgehead atoms. The standard InChI is InChI=1S/C21H22N4O5/c1-23(2)11-4-12-24-18(15-5-3-6-16(13-15)25(29)30)17(20(27)21(24)28)19(26)14-7-9-22-10-8-14/h3,5-10,13,18,26H,4,11-12H2,1-2H3/b19-17+. The average molecular weight is 410 g/mol. The lowest BCUT2D eigenvalue weighted by Gasteiger charge is -2.25. The minimum atomic E-state index is -0.916. The third kappa shape index (κ3) is 4.20. The molecule has 0 spiro atoms. The van der Waals surface area contributed by atoms with Gasteiger partial charge in [-0.15, -0.1) is 0 Å². The van der Waals surface area contributed by atoms with E-state index >= 15 is 0 Å². The number of carbonyl (C=O) groups excluding carboxylic acids is 2. The Hall–Kier alpha value is -3.59. The largest absolute Gasteiger partial charge is 0.507 e. The Bertz CT molecular complexity index is 1000. The van der Waals surface area contributed by atoms with Crippen LogP contribution in [-0.4, -0.2) is 63.7 Å². The van der Waals surface area contributed by atoms with E-state index in [1.807, 2.05) is 19.0 Å². The number of ketones is 1. The summed E-state index contributed by atoms with van der Waals surface area (Å²) in [6.07, 6.45) is 3.52. The van der Waals surface area contributed by atoms with Gasteiger partial charge in [0, 0.05) is 36.6 Å². The maximum Gasteiger partial charge on any atom is 0.295 e. The van der Waals surface area contributed by atoms with Crippen molar-refractivity contribution in [3.63, 3.8) is 0 Å². The highest BCUT2D eigenvalue weighted by Gasteiger charge is 2.46. The Morgan fingerprint density at radius 3 is 2.57 bits per heavy atom. The lowest BCUT2D eigenvalue weighted by atomic mass is 9.95. The number of nitro benzene ring substituents is 1. The fourth-order valence-electron chi connectivity index (χ4n) is 3.49. The van der Waals surface area contributed by atoms with Crippen molar-refractivity contribution in [1.82, 2.24) is 14.8 Å². The van der Waals surface area contributed by atoms with Gasteiger partial charge in [-0.25, -0.2) is 0 Å². The Kier molecular flexibility index (Phi) is 6.22. The molecule has 1 unspecified atom stereocenters. The number of aliphatic hydroxyl groups is 1. The summed E-state index contributed by atoms with van der Waals surface area (Å²) in [5, 5.41) is 22.1. The normalized spacial score (nSPS) is 18.2. The highest BCUT2D eigenvalue weighted by Crippen LogP contribution is 2.40. The quantitative estimate of drug-likeness (QED) is 0.245. The van der Waals surface area contributed by atoms with Crippen LogP contribution in [-0.2, 0) is 9.59 Å². The van der Waals surface area contributed by atoms with E-state index < -0.39 is 22.7 Å². The number of nitrogens with zero attached hydrogens (tertiary/aromatic N) is 4. The lowest BCUT2D eigenvalue weighted by molar-refractivity contribution is -0.384. The molecule has 1 saturated heterocycles. The van der Waals surface area contributed by atoms with Crippen LogP contribution < -0.4 is 0 Å². The zero-order valence-electron chi connectivity index (χ0n) is 16.7. The summed E-state index contributed by atoms with van der Waals surface area (Å²) in [5.41, 5.74) is 0.488. The molecule has 1 aliphatic heterocycles. The number of Topliss-reactive ketones (excluding diaryl/α,β-unsaturated/α-hetero) is 1. The van der Waals surface area contributed by atoms with Crippen LogP contribution in [0.15, 0.2) is 54.4 Å². The molecule has 156 valence electrons. The van der Waals surface area contributed by atoms with E-state index in [-0.39, 0.29) is 23.6 Å². The van der Waals surface area contributed by atoms with Crippen LogP contribution in [0.2, 0.25) is 0 Å². The van der Waals surface area contributed by atoms with Crippen molar-refractivity contribution in [2.45, 2.75) is 12.5 Å². The van der Waals surface area contributed by atoms with Crippen molar-refractivity contribution in [2.75, 3.05) is 27.2 Å². The van der Waals surface area contributed by atoms with Gasteiger partial charge in [-0.05, 0) is 44.8 Å². The molecule has 1 N–H and O–H groups in total. The molecule has 2 heterocycles. The van der Waals surface area contributed by atoms with E-state index in [4.69, 9.17) is 0 Å². The molecule has 0 aliphatic carbocycles. The maximum atomic E-state index is 12.9. The molecule has 1 amide bonds. The molecule has 1 aliphatic rings. The van der Waals surface area contributed by atoms with Crippen LogP contribution in [0.3, 0.4) is 0 Å². The Balaban J connectivity index is 2.12. The first-order chi connectivity index (χ1) is 14.3. The summed E-state index contributed by atoms with van der Waals surface area (Å²) in [7, 11) is 3.80. The van der Waals surface area contributed by atoms with E-state index in [1.54, 1.807) is 6.07 Å². The zero-order chi connectivity index (χ0) is 21.8. The van der Waals surface area contributed by atoms with E-state index in [9.17, 15) is 24.8 Å². The van der Waals surface area contributed by atoms with Crippen molar-refractivity contribution in [3.8, 4) is 0 Å². The molecular formula is C21H22N4O5.